The number of ether oxygens (including phenoxy) is 1. The Bertz CT molecular complexity index is 612. The summed E-state index contributed by atoms with van der Waals surface area (Å²) in [5.74, 6) is 0. The van der Waals surface area contributed by atoms with E-state index < -0.39 is 11.7 Å². The number of carbonyl (C=O) groups is 1. The fourth-order valence-corrected chi connectivity index (χ4v) is 2.19. The third kappa shape index (κ3) is 4.62. The number of hydrogen-bond donors (Lipinski definition) is 1. The number of amides is 1. The summed E-state index contributed by atoms with van der Waals surface area (Å²) < 4.78 is 5.38. The van der Waals surface area contributed by atoms with Crippen molar-refractivity contribution in [3.05, 3.63) is 71.3 Å². The van der Waals surface area contributed by atoms with Crippen LogP contribution in [0.15, 0.2) is 54.6 Å². The molecule has 0 heterocycles. The van der Waals surface area contributed by atoms with Gasteiger partial charge < -0.3 is 10.1 Å². The molecule has 0 aliphatic rings. The summed E-state index contributed by atoms with van der Waals surface area (Å²) in [7, 11) is 0. The Morgan fingerprint density at radius 2 is 1.50 bits per heavy atom. The molecule has 0 saturated carbocycles. The average Bonchev–Trinajstić information content (AvgIpc) is 2.45. The fourth-order valence-electron chi connectivity index (χ4n) is 2.19. The number of carbonyl (C=O) groups excluding carboxylic acids is 1. The first-order chi connectivity index (χ1) is 10.3. The SMILES string of the molecule is Cc1ccc([C@@H](NC(=O)OC(C)(C)C)c2ccccc2)cc1. The van der Waals surface area contributed by atoms with Crippen LogP contribution in [0.1, 0.15) is 43.5 Å². The second kappa shape index (κ2) is 6.65. The first-order valence-corrected chi connectivity index (χ1v) is 7.46. The van der Waals surface area contributed by atoms with Crippen LogP contribution in [0.25, 0.3) is 0 Å². The summed E-state index contributed by atoms with van der Waals surface area (Å²) in [4.78, 5) is 12.1. The molecular weight excluding hydrogens is 274 g/mol. The number of nitrogens with one attached hydrogen (secondary N) is 1. The van der Waals surface area contributed by atoms with Crippen molar-refractivity contribution < 1.29 is 9.53 Å². The molecule has 2 rings (SSSR count). The highest BCUT2D eigenvalue weighted by Crippen LogP contribution is 2.23. The van der Waals surface area contributed by atoms with Crippen LogP contribution in [-0.2, 0) is 4.74 Å². The molecule has 0 radical (unpaired) electrons. The molecule has 0 aromatic heterocycles. The largest absolute Gasteiger partial charge is 0.444 e. The predicted molar refractivity (Wildman–Crippen MR) is 88.8 cm³/mol. The van der Waals surface area contributed by atoms with Crippen LogP contribution in [0, 0.1) is 6.92 Å². The van der Waals surface area contributed by atoms with Gasteiger partial charge in [-0.15, -0.1) is 0 Å². The van der Waals surface area contributed by atoms with E-state index in [9.17, 15) is 4.79 Å². The molecule has 0 aliphatic heterocycles. The van der Waals surface area contributed by atoms with Gasteiger partial charge in [-0.2, -0.15) is 0 Å². The van der Waals surface area contributed by atoms with Crippen LogP contribution in [0.2, 0.25) is 0 Å². The van der Waals surface area contributed by atoms with Gasteiger partial charge in [0, 0.05) is 0 Å². The third-order valence-corrected chi connectivity index (χ3v) is 3.20. The molecule has 2 aromatic carbocycles. The first kappa shape index (κ1) is 16.1. The Balaban J connectivity index is 2.26. The van der Waals surface area contributed by atoms with Crippen LogP contribution in [-0.4, -0.2) is 11.7 Å². The predicted octanol–water partition coefficient (Wildman–Crippen LogP) is 4.61. The highest BCUT2D eigenvalue weighted by atomic mass is 16.6. The standard InChI is InChI=1S/C19H23NO2/c1-14-10-12-16(13-11-14)17(15-8-6-5-7-9-15)20-18(21)22-19(2,3)4/h5-13,17H,1-4H3,(H,20,21)/t17-/m0/s1. The van der Waals surface area contributed by atoms with Crippen molar-refractivity contribution in [2.24, 2.45) is 0 Å². The lowest BCUT2D eigenvalue weighted by Crippen LogP contribution is -2.35. The van der Waals surface area contributed by atoms with Crippen LogP contribution in [0.4, 0.5) is 4.79 Å². The summed E-state index contributed by atoms with van der Waals surface area (Å²) in [5, 5.41) is 2.96. The van der Waals surface area contributed by atoms with Crippen molar-refractivity contribution in [1.29, 1.82) is 0 Å². The molecule has 1 amide bonds. The van der Waals surface area contributed by atoms with E-state index >= 15 is 0 Å². The Labute approximate surface area is 132 Å². The molecule has 3 nitrogen and oxygen atoms in total. The van der Waals surface area contributed by atoms with Gasteiger partial charge in [0.25, 0.3) is 0 Å². The second-order valence-electron chi connectivity index (χ2n) is 6.40. The molecule has 0 saturated heterocycles. The van der Waals surface area contributed by atoms with Crippen LogP contribution in [0.5, 0.6) is 0 Å². The summed E-state index contributed by atoms with van der Waals surface area (Å²) in [6.45, 7) is 7.62. The van der Waals surface area contributed by atoms with Crippen molar-refractivity contribution in [2.75, 3.05) is 0 Å². The number of rotatable bonds is 3. The number of benzene rings is 2. The fraction of sp³-hybridized carbons (Fsp3) is 0.316. The van der Waals surface area contributed by atoms with E-state index in [0.29, 0.717) is 0 Å². The monoisotopic (exact) mass is 297 g/mol. The average molecular weight is 297 g/mol. The topological polar surface area (TPSA) is 38.3 Å². The van der Waals surface area contributed by atoms with Gasteiger partial charge in [0.2, 0.25) is 0 Å². The van der Waals surface area contributed by atoms with Gasteiger partial charge in [-0.1, -0.05) is 60.2 Å². The first-order valence-electron chi connectivity index (χ1n) is 7.46. The molecule has 0 aliphatic carbocycles. The minimum absolute atomic E-state index is 0.225. The lowest BCUT2D eigenvalue weighted by molar-refractivity contribution is 0.0512. The van der Waals surface area contributed by atoms with Crippen molar-refractivity contribution >= 4 is 6.09 Å². The third-order valence-electron chi connectivity index (χ3n) is 3.20. The molecule has 3 heteroatoms. The van der Waals surface area contributed by atoms with Crippen LogP contribution < -0.4 is 5.32 Å². The quantitative estimate of drug-likeness (QED) is 0.898. The maximum absolute atomic E-state index is 12.1. The van der Waals surface area contributed by atoms with Crippen molar-refractivity contribution in [2.45, 2.75) is 39.3 Å². The zero-order valence-electron chi connectivity index (χ0n) is 13.6. The number of alkyl carbamates (subject to hydrolysis) is 1. The smallest absolute Gasteiger partial charge is 0.408 e. The van der Waals surface area contributed by atoms with Crippen molar-refractivity contribution in [3.8, 4) is 0 Å². The normalized spacial score (nSPS) is 12.5. The van der Waals surface area contributed by atoms with E-state index in [-0.39, 0.29) is 6.04 Å². The minimum atomic E-state index is -0.515. The summed E-state index contributed by atoms with van der Waals surface area (Å²) in [5.41, 5.74) is 2.73. The van der Waals surface area contributed by atoms with Gasteiger partial charge in [0.1, 0.15) is 5.60 Å². The maximum Gasteiger partial charge on any atom is 0.408 e. The Hall–Kier alpha value is -2.29. The molecule has 1 atom stereocenters. The van der Waals surface area contributed by atoms with E-state index in [1.165, 1.54) is 5.56 Å². The number of hydrogen-bond acceptors (Lipinski definition) is 2. The lowest BCUT2D eigenvalue weighted by Gasteiger charge is -2.24. The molecule has 1 N–H and O–H groups in total. The molecule has 0 fully saturated rings. The van der Waals surface area contributed by atoms with Gasteiger partial charge in [-0.05, 0) is 38.8 Å². The Morgan fingerprint density at radius 3 is 2.05 bits per heavy atom. The van der Waals surface area contributed by atoms with Gasteiger partial charge >= 0.3 is 6.09 Å². The summed E-state index contributed by atoms with van der Waals surface area (Å²) in [6, 6.07) is 17.8. The Kier molecular flexibility index (Phi) is 4.86. The van der Waals surface area contributed by atoms with Crippen LogP contribution >= 0.6 is 0 Å². The second-order valence-corrected chi connectivity index (χ2v) is 6.40. The van der Waals surface area contributed by atoms with E-state index in [4.69, 9.17) is 4.74 Å². The zero-order chi connectivity index (χ0) is 16.2. The molecule has 116 valence electrons. The molecule has 0 bridgehead atoms. The molecule has 2 aromatic rings. The highest BCUT2D eigenvalue weighted by molar-refractivity contribution is 5.69. The lowest BCUT2D eigenvalue weighted by atomic mass is 9.98. The van der Waals surface area contributed by atoms with E-state index in [1.54, 1.807) is 0 Å². The number of aryl methyl sites for hydroxylation is 1. The van der Waals surface area contributed by atoms with E-state index in [2.05, 4.69) is 5.32 Å². The van der Waals surface area contributed by atoms with Gasteiger partial charge in [0.05, 0.1) is 6.04 Å². The van der Waals surface area contributed by atoms with Crippen molar-refractivity contribution in [1.82, 2.24) is 5.32 Å². The van der Waals surface area contributed by atoms with Crippen LogP contribution in [0.3, 0.4) is 0 Å². The van der Waals surface area contributed by atoms with E-state index in [0.717, 1.165) is 11.1 Å². The maximum atomic E-state index is 12.1. The molecule has 22 heavy (non-hydrogen) atoms. The Morgan fingerprint density at radius 1 is 0.955 bits per heavy atom. The molecule has 0 unspecified atom stereocenters. The van der Waals surface area contributed by atoms with E-state index in [1.807, 2.05) is 82.3 Å². The zero-order valence-corrected chi connectivity index (χ0v) is 13.6. The van der Waals surface area contributed by atoms with Gasteiger partial charge in [-0.3, -0.25) is 0 Å². The van der Waals surface area contributed by atoms with Gasteiger partial charge in [0.15, 0.2) is 0 Å². The molecule has 0 spiro atoms. The molecular formula is C19H23NO2. The van der Waals surface area contributed by atoms with Crippen molar-refractivity contribution in [3.63, 3.8) is 0 Å². The van der Waals surface area contributed by atoms with Gasteiger partial charge in [-0.25, -0.2) is 4.79 Å². The highest BCUT2D eigenvalue weighted by Gasteiger charge is 2.21. The summed E-state index contributed by atoms with van der Waals surface area (Å²) >= 11 is 0. The minimum Gasteiger partial charge on any atom is -0.444 e. The summed E-state index contributed by atoms with van der Waals surface area (Å²) in [6.07, 6.45) is -0.415.